The Bertz CT molecular complexity index is 455. The van der Waals surface area contributed by atoms with Crippen LogP contribution in [0.2, 0.25) is 0 Å². The van der Waals surface area contributed by atoms with E-state index < -0.39 is 5.91 Å². The number of rotatable bonds is 7. The molecule has 1 amide bonds. The lowest BCUT2D eigenvalue weighted by molar-refractivity contribution is 0.0900. The lowest BCUT2D eigenvalue weighted by Crippen LogP contribution is -2.40. The summed E-state index contributed by atoms with van der Waals surface area (Å²) in [6.07, 6.45) is 4.41. The highest BCUT2D eigenvalue weighted by Gasteiger charge is 2.26. The number of nitrogen functional groups attached to an aromatic ring is 1. The van der Waals surface area contributed by atoms with Crippen LogP contribution in [0.1, 0.15) is 47.6 Å². The fourth-order valence-corrected chi connectivity index (χ4v) is 2.53. The van der Waals surface area contributed by atoms with E-state index in [2.05, 4.69) is 10.3 Å². The third-order valence-electron chi connectivity index (χ3n) is 3.86. The number of aryl methyl sites for hydroxylation is 1. The molecule has 112 valence electrons. The Balaban J connectivity index is 2.04. The Labute approximate surface area is 118 Å². The van der Waals surface area contributed by atoms with Gasteiger partial charge in [0, 0.05) is 24.8 Å². The Morgan fingerprint density at radius 2 is 2.35 bits per heavy atom. The molecule has 1 aliphatic rings. The number of hydrazine groups is 1. The van der Waals surface area contributed by atoms with E-state index in [0.29, 0.717) is 12.6 Å². The first-order chi connectivity index (χ1) is 9.65. The van der Waals surface area contributed by atoms with Crippen LogP contribution in [0.4, 0.5) is 0 Å². The number of aliphatic hydroxyl groups is 1. The van der Waals surface area contributed by atoms with Gasteiger partial charge in [0.1, 0.15) is 5.76 Å². The maximum atomic E-state index is 11.5. The molecule has 1 fully saturated rings. The van der Waals surface area contributed by atoms with Crippen molar-refractivity contribution in [2.45, 2.75) is 45.2 Å². The van der Waals surface area contributed by atoms with Crippen LogP contribution >= 0.6 is 0 Å². The van der Waals surface area contributed by atoms with Crippen LogP contribution in [0, 0.1) is 6.92 Å². The van der Waals surface area contributed by atoms with E-state index in [-0.39, 0.29) is 12.4 Å². The number of amides is 1. The normalized spacial score (nSPS) is 15.4. The van der Waals surface area contributed by atoms with Crippen molar-refractivity contribution >= 4 is 5.91 Å². The first-order valence-corrected chi connectivity index (χ1v) is 7.11. The van der Waals surface area contributed by atoms with Crippen molar-refractivity contribution in [3.8, 4) is 0 Å². The molecule has 6 heteroatoms. The molecular weight excluding hydrogens is 258 g/mol. The van der Waals surface area contributed by atoms with Crippen molar-refractivity contribution in [1.82, 2.24) is 10.3 Å². The molecule has 0 saturated heterocycles. The van der Waals surface area contributed by atoms with Gasteiger partial charge in [-0.1, -0.05) is 6.42 Å². The van der Waals surface area contributed by atoms with Gasteiger partial charge in [0.25, 0.3) is 0 Å². The second-order valence-corrected chi connectivity index (χ2v) is 5.33. The fourth-order valence-electron chi connectivity index (χ4n) is 2.53. The van der Waals surface area contributed by atoms with Gasteiger partial charge in [0.15, 0.2) is 5.76 Å². The minimum absolute atomic E-state index is 0.196. The van der Waals surface area contributed by atoms with E-state index in [0.717, 1.165) is 24.3 Å². The number of nitrogens with zero attached hydrogens (tertiary/aromatic N) is 1. The summed E-state index contributed by atoms with van der Waals surface area (Å²) in [6, 6.07) is 2.45. The van der Waals surface area contributed by atoms with E-state index in [4.69, 9.17) is 15.4 Å². The van der Waals surface area contributed by atoms with Gasteiger partial charge in [0.2, 0.25) is 0 Å². The van der Waals surface area contributed by atoms with Crippen LogP contribution in [0.15, 0.2) is 10.5 Å². The molecule has 0 atom stereocenters. The molecule has 1 aromatic heterocycles. The highest BCUT2D eigenvalue weighted by molar-refractivity contribution is 5.92. The number of nitrogens with two attached hydrogens (primary N) is 1. The molecule has 0 spiro atoms. The molecule has 0 aromatic carbocycles. The van der Waals surface area contributed by atoms with Gasteiger partial charge in [-0.2, -0.15) is 0 Å². The summed E-state index contributed by atoms with van der Waals surface area (Å²) in [4.78, 5) is 13.9. The highest BCUT2D eigenvalue weighted by atomic mass is 16.4. The number of furan rings is 1. The van der Waals surface area contributed by atoms with Crippen molar-refractivity contribution in [2.24, 2.45) is 5.84 Å². The van der Waals surface area contributed by atoms with Crippen LogP contribution < -0.4 is 11.3 Å². The summed E-state index contributed by atoms with van der Waals surface area (Å²) in [5.41, 5.74) is 2.88. The summed E-state index contributed by atoms with van der Waals surface area (Å²) in [5, 5.41) is 8.99. The molecule has 2 rings (SSSR count). The molecule has 0 radical (unpaired) electrons. The predicted molar refractivity (Wildman–Crippen MR) is 74.9 cm³/mol. The smallest absolute Gasteiger partial charge is 0.301 e. The quantitative estimate of drug-likeness (QED) is 0.393. The maximum Gasteiger partial charge on any atom is 0.301 e. The second-order valence-electron chi connectivity index (χ2n) is 5.33. The molecular formula is C14H23N3O3. The third kappa shape index (κ3) is 3.39. The molecule has 1 aromatic rings. The lowest BCUT2D eigenvalue weighted by atomic mass is 9.91. The van der Waals surface area contributed by atoms with E-state index in [1.54, 1.807) is 0 Å². The van der Waals surface area contributed by atoms with Crippen LogP contribution in [0.3, 0.4) is 0 Å². The number of carbonyl (C=O) groups excluding carboxylic acids is 1. The zero-order valence-corrected chi connectivity index (χ0v) is 11.9. The van der Waals surface area contributed by atoms with Crippen LogP contribution in [0.5, 0.6) is 0 Å². The molecule has 6 nitrogen and oxygen atoms in total. The van der Waals surface area contributed by atoms with Gasteiger partial charge in [-0.05, 0) is 32.3 Å². The predicted octanol–water partition coefficient (Wildman–Crippen LogP) is 0.928. The molecule has 20 heavy (non-hydrogen) atoms. The zero-order valence-electron chi connectivity index (χ0n) is 11.9. The average Bonchev–Trinajstić information content (AvgIpc) is 2.74. The Morgan fingerprint density at radius 3 is 2.90 bits per heavy atom. The number of hydrogen-bond donors (Lipinski definition) is 3. The van der Waals surface area contributed by atoms with Gasteiger partial charge >= 0.3 is 5.91 Å². The minimum atomic E-state index is -0.403. The summed E-state index contributed by atoms with van der Waals surface area (Å²) in [7, 11) is 0. The second kappa shape index (κ2) is 6.88. The zero-order chi connectivity index (χ0) is 14.5. The van der Waals surface area contributed by atoms with Crippen LogP contribution in [-0.2, 0) is 6.54 Å². The number of hydrogen-bond acceptors (Lipinski definition) is 5. The molecule has 4 N–H and O–H groups in total. The topological polar surface area (TPSA) is 91.7 Å². The van der Waals surface area contributed by atoms with Crippen molar-refractivity contribution in [1.29, 1.82) is 0 Å². The van der Waals surface area contributed by atoms with Crippen LogP contribution in [-0.4, -0.2) is 35.1 Å². The van der Waals surface area contributed by atoms with E-state index in [1.807, 2.05) is 13.0 Å². The molecule has 0 aliphatic heterocycles. The number of aliphatic hydroxyl groups excluding tert-OH is 1. The Morgan fingerprint density at radius 1 is 1.60 bits per heavy atom. The first-order valence-electron chi connectivity index (χ1n) is 7.11. The lowest BCUT2D eigenvalue weighted by Gasteiger charge is -2.37. The van der Waals surface area contributed by atoms with E-state index >= 15 is 0 Å². The van der Waals surface area contributed by atoms with Gasteiger partial charge in [-0.15, -0.1) is 0 Å². The van der Waals surface area contributed by atoms with E-state index in [9.17, 15) is 4.79 Å². The SMILES string of the molecule is Cc1cc(CN(CCCO)C2CCC2)oc1C(=O)NN. The summed E-state index contributed by atoms with van der Waals surface area (Å²) >= 11 is 0. The molecule has 0 unspecified atom stereocenters. The van der Waals surface area contributed by atoms with Gasteiger partial charge in [-0.25, -0.2) is 5.84 Å². The summed E-state index contributed by atoms with van der Waals surface area (Å²) < 4.78 is 5.60. The maximum absolute atomic E-state index is 11.5. The van der Waals surface area contributed by atoms with Gasteiger partial charge in [-0.3, -0.25) is 15.1 Å². The van der Waals surface area contributed by atoms with Gasteiger partial charge in [0.05, 0.1) is 6.54 Å². The average molecular weight is 281 g/mol. The molecule has 1 aliphatic carbocycles. The molecule has 0 bridgehead atoms. The number of nitrogens with one attached hydrogen (secondary N) is 1. The molecule has 1 heterocycles. The largest absolute Gasteiger partial charge is 0.454 e. The van der Waals surface area contributed by atoms with Crippen molar-refractivity contribution < 1.29 is 14.3 Å². The minimum Gasteiger partial charge on any atom is -0.454 e. The van der Waals surface area contributed by atoms with Gasteiger partial charge < -0.3 is 9.52 Å². The first kappa shape index (κ1) is 15.0. The van der Waals surface area contributed by atoms with Crippen molar-refractivity contribution in [3.05, 3.63) is 23.2 Å². The van der Waals surface area contributed by atoms with Crippen molar-refractivity contribution in [2.75, 3.05) is 13.2 Å². The van der Waals surface area contributed by atoms with Crippen molar-refractivity contribution in [3.63, 3.8) is 0 Å². The van der Waals surface area contributed by atoms with E-state index in [1.165, 1.54) is 19.3 Å². The number of carbonyl (C=O) groups is 1. The standard InChI is InChI=1S/C14H23N3O3/c1-10-8-12(20-13(10)14(19)16-15)9-17(6-3-7-18)11-4-2-5-11/h8,11,18H,2-7,9,15H2,1H3,(H,16,19). The third-order valence-corrected chi connectivity index (χ3v) is 3.86. The monoisotopic (exact) mass is 281 g/mol. The summed E-state index contributed by atoms with van der Waals surface area (Å²) in [5.74, 6) is 5.77. The molecule has 1 saturated carbocycles. The Hall–Kier alpha value is -1.37. The van der Waals surface area contributed by atoms with Crippen LogP contribution in [0.25, 0.3) is 0 Å². The highest BCUT2D eigenvalue weighted by Crippen LogP contribution is 2.27. The fraction of sp³-hybridized carbons (Fsp3) is 0.643. The Kier molecular flexibility index (Phi) is 5.17. The summed E-state index contributed by atoms with van der Waals surface area (Å²) in [6.45, 7) is 3.54.